The maximum absolute atomic E-state index is 13.3. The second kappa shape index (κ2) is 12.4. The average molecular weight is 475 g/mol. The van der Waals surface area contributed by atoms with Crippen LogP contribution >= 0.6 is 12.4 Å². The molecule has 2 unspecified atom stereocenters. The Morgan fingerprint density at radius 2 is 1.73 bits per heavy atom. The lowest BCUT2D eigenvalue weighted by Gasteiger charge is -2.36. The van der Waals surface area contributed by atoms with Crippen molar-refractivity contribution in [3.8, 4) is 0 Å². The number of aliphatic carboxylic acids is 1. The number of carboxylic acid groups (broad SMARTS) is 1. The van der Waals surface area contributed by atoms with Crippen molar-refractivity contribution in [2.75, 3.05) is 6.61 Å². The minimum atomic E-state index is -1.04. The number of hydrogen-bond acceptors (Lipinski definition) is 5. The zero-order chi connectivity index (χ0) is 23.1. The second-order valence-electron chi connectivity index (χ2n) is 8.01. The number of aryl methyl sites for hydroxylation is 1. The molecule has 8 heteroatoms. The van der Waals surface area contributed by atoms with Crippen LogP contribution in [0.3, 0.4) is 0 Å². The number of amides is 1. The molecule has 1 aliphatic heterocycles. The van der Waals surface area contributed by atoms with E-state index >= 15 is 0 Å². The lowest BCUT2D eigenvalue weighted by atomic mass is 9.93. The van der Waals surface area contributed by atoms with Gasteiger partial charge in [-0.1, -0.05) is 54.6 Å². The molecule has 0 bridgehead atoms. The number of benzene rings is 2. The first-order valence-corrected chi connectivity index (χ1v) is 11.0. The van der Waals surface area contributed by atoms with E-state index < -0.39 is 30.1 Å². The van der Waals surface area contributed by atoms with Gasteiger partial charge in [0.15, 0.2) is 0 Å². The number of nitrogens with one attached hydrogen (secondary N) is 1. The van der Waals surface area contributed by atoms with Crippen LogP contribution in [0.5, 0.6) is 0 Å². The molecule has 0 radical (unpaired) electrons. The van der Waals surface area contributed by atoms with Crippen LogP contribution in [0.1, 0.15) is 37.0 Å². The molecule has 1 amide bonds. The maximum atomic E-state index is 13.3. The summed E-state index contributed by atoms with van der Waals surface area (Å²) in [4.78, 5) is 39.1. The summed E-state index contributed by atoms with van der Waals surface area (Å²) in [5.74, 6) is -1.80. The fourth-order valence-electron chi connectivity index (χ4n) is 4.06. The zero-order valence-corrected chi connectivity index (χ0v) is 19.7. The molecule has 7 nitrogen and oxygen atoms in total. The number of carbonyl (C=O) groups excluding carboxylic acids is 2. The highest BCUT2D eigenvalue weighted by Gasteiger charge is 2.37. The minimum Gasteiger partial charge on any atom is -0.480 e. The van der Waals surface area contributed by atoms with Crippen molar-refractivity contribution in [2.45, 2.75) is 57.8 Å². The Kier molecular flexibility index (Phi) is 9.88. The van der Waals surface area contributed by atoms with E-state index in [1.54, 1.807) is 13.8 Å². The highest BCUT2D eigenvalue weighted by atomic mass is 35.5. The molecular formula is C25H31ClN2O5. The molecule has 3 rings (SSSR count). The summed E-state index contributed by atoms with van der Waals surface area (Å²) < 4.78 is 5.20. The normalized spacial score (nSPS) is 16.7. The summed E-state index contributed by atoms with van der Waals surface area (Å²) in [6.45, 7) is 3.88. The van der Waals surface area contributed by atoms with E-state index in [0.29, 0.717) is 12.8 Å². The molecule has 0 saturated carbocycles. The number of ether oxygens (including phenoxy) is 1. The average Bonchev–Trinajstić information content (AvgIpc) is 2.80. The highest BCUT2D eigenvalue weighted by Crippen LogP contribution is 2.24. The van der Waals surface area contributed by atoms with Crippen molar-refractivity contribution in [3.05, 3.63) is 71.3 Å². The SMILES string of the molecule is CCOC(=O)C(CCc1ccccc1)NC(C)C(=O)N1Cc2ccccc2C[C@H]1C(=O)O.Cl. The number of rotatable bonds is 9. The summed E-state index contributed by atoms with van der Waals surface area (Å²) in [5.41, 5.74) is 2.97. The Labute approximate surface area is 200 Å². The molecule has 0 saturated heterocycles. The van der Waals surface area contributed by atoms with E-state index in [0.717, 1.165) is 16.7 Å². The molecule has 0 fully saturated rings. The van der Waals surface area contributed by atoms with Crippen molar-refractivity contribution < 1.29 is 24.2 Å². The van der Waals surface area contributed by atoms with Crippen LogP contribution < -0.4 is 5.32 Å². The predicted molar refractivity (Wildman–Crippen MR) is 127 cm³/mol. The number of carbonyl (C=O) groups is 3. The van der Waals surface area contributed by atoms with Crippen LogP contribution in [0.15, 0.2) is 54.6 Å². The smallest absolute Gasteiger partial charge is 0.326 e. The van der Waals surface area contributed by atoms with Crippen molar-refractivity contribution in [3.63, 3.8) is 0 Å². The largest absolute Gasteiger partial charge is 0.480 e. The number of carboxylic acids is 1. The van der Waals surface area contributed by atoms with Gasteiger partial charge in [-0.2, -0.15) is 0 Å². The Balaban J connectivity index is 0.00000385. The standard InChI is InChI=1S/C25H30N2O5.ClH/c1-3-32-25(31)21(14-13-18-9-5-4-6-10-18)26-17(2)23(28)27-16-20-12-8-7-11-19(20)15-22(27)24(29)30;/h4-12,17,21-22,26H,3,13-16H2,1-2H3,(H,29,30);1H/t17?,21?,22-;/m0./s1. The van der Waals surface area contributed by atoms with Gasteiger partial charge in [-0.05, 0) is 43.4 Å². The molecular weight excluding hydrogens is 444 g/mol. The Morgan fingerprint density at radius 3 is 2.36 bits per heavy atom. The highest BCUT2D eigenvalue weighted by molar-refractivity contribution is 5.88. The zero-order valence-electron chi connectivity index (χ0n) is 18.9. The van der Waals surface area contributed by atoms with Crippen LogP contribution in [0.2, 0.25) is 0 Å². The number of nitrogens with zero attached hydrogens (tertiary/aromatic N) is 1. The fourth-order valence-corrected chi connectivity index (χ4v) is 4.06. The molecule has 2 N–H and O–H groups in total. The van der Waals surface area contributed by atoms with Crippen molar-refractivity contribution in [1.82, 2.24) is 10.2 Å². The van der Waals surface area contributed by atoms with Gasteiger partial charge >= 0.3 is 11.9 Å². The van der Waals surface area contributed by atoms with Gasteiger partial charge in [0.25, 0.3) is 0 Å². The fraction of sp³-hybridized carbons (Fsp3) is 0.400. The summed E-state index contributed by atoms with van der Waals surface area (Å²) in [5, 5.41) is 12.8. The topological polar surface area (TPSA) is 95.9 Å². The van der Waals surface area contributed by atoms with E-state index in [4.69, 9.17) is 4.74 Å². The number of hydrogen-bond donors (Lipinski definition) is 2. The molecule has 0 aliphatic carbocycles. The van der Waals surface area contributed by atoms with E-state index in [2.05, 4.69) is 5.32 Å². The van der Waals surface area contributed by atoms with Gasteiger partial charge in [0.1, 0.15) is 12.1 Å². The van der Waals surface area contributed by atoms with Gasteiger partial charge in [-0.15, -0.1) is 12.4 Å². The molecule has 0 aromatic heterocycles. The molecule has 33 heavy (non-hydrogen) atoms. The number of halogens is 1. The number of fused-ring (bicyclic) bond motifs is 1. The third kappa shape index (κ3) is 6.79. The summed E-state index contributed by atoms with van der Waals surface area (Å²) in [6, 6.07) is 15.0. The monoisotopic (exact) mass is 474 g/mol. The molecule has 1 heterocycles. The van der Waals surface area contributed by atoms with E-state index in [1.807, 2.05) is 54.6 Å². The van der Waals surface area contributed by atoms with Gasteiger partial charge in [-0.25, -0.2) is 4.79 Å². The van der Waals surface area contributed by atoms with Gasteiger partial charge in [0.2, 0.25) is 5.91 Å². The molecule has 1 aliphatic rings. The summed E-state index contributed by atoms with van der Waals surface area (Å²) in [7, 11) is 0. The Hall–Kier alpha value is -2.90. The van der Waals surface area contributed by atoms with Gasteiger partial charge in [0.05, 0.1) is 12.6 Å². The van der Waals surface area contributed by atoms with Crippen LogP contribution in [-0.4, -0.2) is 52.6 Å². The van der Waals surface area contributed by atoms with Gasteiger partial charge < -0.3 is 14.7 Å². The molecule has 3 atom stereocenters. The van der Waals surface area contributed by atoms with Gasteiger partial charge in [0, 0.05) is 13.0 Å². The molecule has 2 aromatic rings. The molecule has 0 spiro atoms. The Morgan fingerprint density at radius 1 is 1.09 bits per heavy atom. The first-order valence-electron chi connectivity index (χ1n) is 11.0. The second-order valence-corrected chi connectivity index (χ2v) is 8.01. The molecule has 178 valence electrons. The van der Waals surface area contributed by atoms with Crippen molar-refractivity contribution >= 4 is 30.3 Å². The lowest BCUT2D eigenvalue weighted by Crippen LogP contribution is -2.56. The van der Waals surface area contributed by atoms with Crippen molar-refractivity contribution in [2.24, 2.45) is 0 Å². The summed E-state index contributed by atoms with van der Waals surface area (Å²) >= 11 is 0. The first kappa shape index (κ1) is 26.4. The third-order valence-corrected chi connectivity index (χ3v) is 5.77. The van der Waals surface area contributed by atoms with Crippen LogP contribution in [0, 0.1) is 0 Å². The van der Waals surface area contributed by atoms with E-state index in [9.17, 15) is 19.5 Å². The predicted octanol–water partition coefficient (Wildman–Crippen LogP) is 2.99. The third-order valence-electron chi connectivity index (χ3n) is 5.77. The maximum Gasteiger partial charge on any atom is 0.326 e. The summed E-state index contributed by atoms with van der Waals surface area (Å²) in [6.07, 6.45) is 1.37. The van der Waals surface area contributed by atoms with Crippen LogP contribution in [0.25, 0.3) is 0 Å². The minimum absolute atomic E-state index is 0. The quantitative estimate of drug-likeness (QED) is 0.542. The van der Waals surface area contributed by atoms with E-state index in [1.165, 1.54) is 4.90 Å². The molecule has 2 aromatic carbocycles. The van der Waals surface area contributed by atoms with Crippen LogP contribution in [0.4, 0.5) is 0 Å². The van der Waals surface area contributed by atoms with Crippen LogP contribution in [-0.2, 0) is 38.5 Å². The first-order chi connectivity index (χ1) is 15.4. The Bertz CT molecular complexity index is 953. The van der Waals surface area contributed by atoms with Gasteiger partial charge in [-0.3, -0.25) is 14.9 Å². The lowest BCUT2D eigenvalue weighted by molar-refractivity contribution is -0.153. The van der Waals surface area contributed by atoms with Crippen molar-refractivity contribution in [1.29, 1.82) is 0 Å². The van der Waals surface area contributed by atoms with E-state index in [-0.39, 0.29) is 37.9 Å². The number of esters is 1.